The van der Waals surface area contributed by atoms with Gasteiger partial charge in [0.2, 0.25) is 0 Å². The Kier molecular flexibility index (Phi) is 7.15. The largest absolute Gasteiger partial charge is 0.311 e. The predicted molar refractivity (Wildman–Crippen MR) is 120 cm³/mol. The molecule has 0 fully saturated rings. The smallest absolute Gasteiger partial charge is 0.0784 e. The van der Waals surface area contributed by atoms with Gasteiger partial charge in [0.15, 0.2) is 0 Å². The number of rotatable bonds is 8. The zero-order chi connectivity index (χ0) is 19.1. The van der Waals surface area contributed by atoms with Gasteiger partial charge in [0, 0.05) is 17.7 Å². The summed E-state index contributed by atoms with van der Waals surface area (Å²) in [4.78, 5) is 5.01. The molecule has 2 aromatic carbocycles. The molecular weight excluding hydrogens is 347 g/mol. The van der Waals surface area contributed by atoms with Crippen LogP contribution in [0.1, 0.15) is 37.4 Å². The number of pyridine rings is 1. The molecule has 0 saturated heterocycles. The van der Waals surface area contributed by atoms with E-state index in [1.165, 1.54) is 16.7 Å². The Hall–Kier alpha value is -2.02. The van der Waals surface area contributed by atoms with Gasteiger partial charge in [-0.2, -0.15) is 0 Å². The molecular formula is C24H29N2P. The number of benzene rings is 2. The van der Waals surface area contributed by atoms with Crippen molar-refractivity contribution in [3.63, 3.8) is 0 Å². The van der Waals surface area contributed by atoms with Crippen molar-refractivity contribution in [1.29, 1.82) is 0 Å². The van der Waals surface area contributed by atoms with Gasteiger partial charge in [0.05, 0.1) is 11.4 Å². The van der Waals surface area contributed by atoms with Crippen LogP contribution in [0.3, 0.4) is 0 Å². The fourth-order valence-electron chi connectivity index (χ4n) is 3.14. The first-order valence-electron chi connectivity index (χ1n) is 9.75. The van der Waals surface area contributed by atoms with Crippen molar-refractivity contribution in [2.45, 2.75) is 32.7 Å². The van der Waals surface area contributed by atoms with Crippen LogP contribution in [-0.4, -0.2) is 17.7 Å². The van der Waals surface area contributed by atoms with Crippen molar-refractivity contribution < 1.29 is 0 Å². The molecule has 1 heterocycles. The Morgan fingerprint density at radius 1 is 0.889 bits per heavy atom. The maximum atomic E-state index is 5.01. The third-order valence-electron chi connectivity index (χ3n) is 4.75. The molecule has 1 aromatic heterocycles. The molecule has 1 atom stereocenters. The molecule has 2 nitrogen and oxygen atoms in total. The minimum atomic E-state index is 0.542. The molecule has 0 saturated carbocycles. The summed E-state index contributed by atoms with van der Waals surface area (Å²) in [5.41, 5.74) is 7.06. The van der Waals surface area contributed by atoms with E-state index in [0.717, 1.165) is 42.6 Å². The zero-order valence-corrected chi connectivity index (χ0v) is 17.4. The van der Waals surface area contributed by atoms with Gasteiger partial charge in [0.1, 0.15) is 0 Å². The van der Waals surface area contributed by atoms with Gasteiger partial charge in [-0.25, -0.2) is 0 Å². The van der Waals surface area contributed by atoms with Gasteiger partial charge in [-0.3, -0.25) is 4.98 Å². The van der Waals surface area contributed by atoms with Crippen LogP contribution in [0.4, 0.5) is 0 Å². The highest BCUT2D eigenvalue weighted by molar-refractivity contribution is 7.16. The van der Waals surface area contributed by atoms with E-state index in [2.05, 4.69) is 95.1 Å². The molecule has 140 valence electrons. The molecule has 3 heteroatoms. The molecule has 1 unspecified atom stereocenters. The Balaban J connectivity index is 1.95. The molecule has 27 heavy (non-hydrogen) atoms. The van der Waals surface area contributed by atoms with Crippen molar-refractivity contribution in [3.8, 4) is 22.4 Å². The van der Waals surface area contributed by atoms with E-state index in [1.807, 2.05) is 0 Å². The Morgan fingerprint density at radius 3 is 2.30 bits per heavy atom. The average molecular weight is 376 g/mol. The van der Waals surface area contributed by atoms with E-state index in [-0.39, 0.29) is 0 Å². The Bertz CT molecular complexity index is 842. The molecule has 0 radical (unpaired) electrons. The van der Waals surface area contributed by atoms with E-state index in [4.69, 9.17) is 4.98 Å². The van der Waals surface area contributed by atoms with E-state index in [0.29, 0.717) is 5.92 Å². The fourth-order valence-corrected chi connectivity index (χ4v) is 3.34. The van der Waals surface area contributed by atoms with E-state index in [9.17, 15) is 0 Å². The average Bonchev–Trinajstić information content (AvgIpc) is 2.72. The lowest BCUT2D eigenvalue weighted by atomic mass is 9.95. The van der Waals surface area contributed by atoms with Crippen molar-refractivity contribution in [2.24, 2.45) is 0 Å². The molecule has 0 bridgehead atoms. The minimum Gasteiger partial charge on any atom is -0.311 e. The van der Waals surface area contributed by atoms with Crippen LogP contribution in [0.2, 0.25) is 0 Å². The minimum absolute atomic E-state index is 0.542. The van der Waals surface area contributed by atoms with Crippen LogP contribution < -0.4 is 5.32 Å². The van der Waals surface area contributed by atoms with Crippen molar-refractivity contribution >= 4 is 9.24 Å². The molecule has 0 aliphatic heterocycles. The van der Waals surface area contributed by atoms with Crippen molar-refractivity contribution in [1.82, 2.24) is 10.3 Å². The van der Waals surface area contributed by atoms with Gasteiger partial charge >= 0.3 is 0 Å². The zero-order valence-electron chi connectivity index (χ0n) is 16.3. The highest BCUT2D eigenvalue weighted by atomic mass is 31.0. The highest BCUT2D eigenvalue weighted by Gasteiger charge is 2.11. The van der Waals surface area contributed by atoms with Gasteiger partial charge in [-0.05, 0) is 42.2 Å². The number of hydrogen-bond donors (Lipinski definition) is 1. The third kappa shape index (κ3) is 5.25. The number of nitrogens with one attached hydrogen (secondary N) is 1. The van der Waals surface area contributed by atoms with Crippen LogP contribution in [0.15, 0.2) is 66.7 Å². The lowest BCUT2D eigenvalue weighted by Gasteiger charge is -2.13. The molecule has 3 aromatic rings. The summed E-state index contributed by atoms with van der Waals surface area (Å²) in [7, 11) is 2.77. The lowest BCUT2D eigenvalue weighted by molar-refractivity contribution is 0.668. The molecule has 3 rings (SSSR count). The second-order valence-corrected chi connectivity index (χ2v) is 7.74. The van der Waals surface area contributed by atoms with Gasteiger partial charge in [-0.15, -0.1) is 9.24 Å². The number of nitrogens with zero attached hydrogens (tertiary/aromatic N) is 1. The van der Waals surface area contributed by atoms with Crippen LogP contribution in [-0.2, 0) is 6.54 Å². The Morgan fingerprint density at radius 2 is 1.63 bits per heavy atom. The quantitative estimate of drug-likeness (QED) is 0.391. The first-order valence-corrected chi connectivity index (χ1v) is 10.6. The molecule has 0 amide bonds. The summed E-state index contributed by atoms with van der Waals surface area (Å²) < 4.78 is 0. The third-order valence-corrected chi connectivity index (χ3v) is 5.16. The van der Waals surface area contributed by atoms with Gasteiger partial charge in [-0.1, -0.05) is 74.5 Å². The highest BCUT2D eigenvalue weighted by Crippen LogP contribution is 2.31. The van der Waals surface area contributed by atoms with Crippen LogP contribution in [0.25, 0.3) is 22.4 Å². The molecule has 0 aliphatic carbocycles. The summed E-state index contributed by atoms with van der Waals surface area (Å²) in [5, 5.41) is 3.48. The molecule has 1 N–H and O–H groups in total. The summed E-state index contributed by atoms with van der Waals surface area (Å²) in [6.07, 6.45) is 2.29. The maximum absolute atomic E-state index is 5.01. The fraction of sp³-hybridized carbons (Fsp3) is 0.292. The maximum Gasteiger partial charge on any atom is 0.0784 e. The summed E-state index contributed by atoms with van der Waals surface area (Å²) in [6.45, 7) is 6.28. The van der Waals surface area contributed by atoms with Crippen LogP contribution >= 0.6 is 9.24 Å². The standard InChI is InChI=1S/C24H29N2P/c1-18(2)19-9-11-20(12-10-19)23-14-13-22(17-25-15-6-16-27)26-24(23)21-7-4-3-5-8-21/h3-5,7-14,18,25H,6,15-17,27H2,1-2H3. The van der Waals surface area contributed by atoms with E-state index in [1.54, 1.807) is 0 Å². The normalized spacial score (nSPS) is 11.1. The second-order valence-electron chi connectivity index (χ2n) is 7.16. The summed E-state index contributed by atoms with van der Waals surface area (Å²) >= 11 is 0. The predicted octanol–water partition coefficient (Wildman–Crippen LogP) is 5.89. The van der Waals surface area contributed by atoms with Gasteiger partial charge in [0.25, 0.3) is 0 Å². The van der Waals surface area contributed by atoms with E-state index >= 15 is 0 Å². The summed E-state index contributed by atoms with van der Waals surface area (Å²) in [6, 6.07) is 23.7. The topological polar surface area (TPSA) is 24.9 Å². The monoisotopic (exact) mass is 376 g/mol. The number of hydrogen-bond acceptors (Lipinski definition) is 2. The van der Waals surface area contributed by atoms with Crippen molar-refractivity contribution in [2.75, 3.05) is 12.7 Å². The van der Waals surface area contributed by atoms with Crippen LogP contribution in [0, 0.1) is 0 Å². The summed E-state index contributed by atoms with van der Waals surface area (Å²) in [5.74, 6) is 0.542. The van der Waals surface area contributed by atoms with Gasteiger partial charge < -0.3 is 5.32 Å². The molecule has 0 aliphatic rings. The molecule has 0 spiro atoms. The first kappa shape index (κ1) is 19.7. The van der Waals surface area contributed by atoms with E-state index < -0.39 is 0 Å². The van der Waals surface area contributed by atoms with Crippen molar-refractivity contribution in [3.05, 3.63) is 78.0 Å². The second kappa shape index (κ2) is 9.78. The van der Waals surface area contributed by atoms with Crippen LogP contribution in [0.5, 0.6) is 0 Å². The number of aromatic nitrogens is 1. The Labute approximate surface area is 165 Å². The first-order chi connectivity index (χ1) is 13.2. The lowest BCUT2D eigenvalue weighted by Crippen LogP contribution is -2.16. The SMILES string of the molecule is CC(C)c1ccc(-c2ccc(CNCCCP)nc2-c2ccccc2)cc1.